The van der Waals surface area contributed by atoms with E-state index in [0.29, 0.717) is 18.0 Å². The molecule has 3 nitrogen and oxygen atoms in total. The van der Waals surface area contributed by atoms with Gasteiger partial charge >= 0.3 is 0 Å². The molecule has 1 N–H and O–H groups in total. The number of rotatable bonds is 2. The number of nitrogens with zero attached hydrogens (tertiary/aromatic N) is 1. The van der Waals surface area contributed by atoms with Crippen molar-refractivity contribution in [1.82, 2.24) is 5.06 Å². The van der Waals surface area contributed by atoms with E-state index in [0.717, 1.165) is 17.9 Å². The molecule has 0 unspecified atom stereocenters. The molecule has 0 aliphatic carbocycles. The number of halogens is 1. The summed E-state index contributed by atoms with van der Waals surface area (Å²) in [4.78, 5) is 11.6. The molecule has 4 heteroatoms. The lowest BCUT2D eigenvalue weighted by Crippen LogP contribution is -2.45. The van der Waals surface area contributed by atoms with Crippen LogP contribution in [-0.4, -0.2) is 22.7 Å². The number of hydroxylamine groups is 2. The minimum absolute atomic E-state index is 0.249. The first-order chi connectivity index (χ1) is 5.96. The van der Waals surface area contributed by atoms with E-state index in [1.165, 1.54) is 0 Å². The maximum Gasteiger partial charge on any atom is 0.252 e. The first-order valence-corrected chi connectivity index (χ1v) is 4.68. The van der Waals surface area contributed by atoms with Gasteiger partial charge < -0.3 is 0 Å². The van der Waals surface area contributed by atoms with Gasteiger partial charge in [0.2, 0.25) is 0 Å². The van der Waals surface area contributed by atoms with Gasteiger partial charge in [0, 0.05) is 11.6 Å². The zero-order valence-corrected chi connectivity index (χ0v) is 8.47. The highest BCUT2D eigenvalue weighted by atomic mass is 35.5. The average Bonchev–Trinajstić information content (AvgIpc) is 1.99. The Balaban J connectivity index is 2.75. The Kier molecular flexibility index (Phi) is 2.98. The number of allylic oxidation sites excluding steroid dienone is 1. The van der Waals surface area contributed by atoms with Crippen LogP contribution < -0.4 is 0 Å². The number of hydrogen-bond donors (Lipinski definition) is 1. The van der Waals surface area contributed by atoms with Gasteiger partial charge in [0.25, 0.3) is 5.91 Å². The summed E-state index contributed by atoms with van der Waals surface area (Å²) in [6.45, 7) is 5.80. The molecular weight excluding hydrogens is 190 g/mol. The third-order valence-electron chi connectivity index (χ3n) is 2.43. The van der Waals surface area contributed by atoms with Crippen molar-refractivity contribution in [3.63, 3.8) is 0 Å². The molecule has 0 aromatic rings. The fraction of sp³-hybridized carbons (Fsp3) is 0.667. The Morgan fingerprint density at radius 3 is 3.00 bits per heavy atom. The van der Waals surface area contributed by atoms with Crippen LogP contribution in [0.25, 0.3) is 0 Å². The zero-order valence-electron chi connectivity index (χ0n) is 7.72. The molecule has 1 amide bonds. The Morgan fingerprint density at radius 2 is 2.46 bits per heavy atom. The standard InChI is InChI=1S/C9H14ClNO2/c1-7(10)6-9(2)4-3-5-11(13)8(9)12/h13H,1,3-6H2,2H3/t9-/m0/s1. The molecular formula is C9H14ClNO2. The highest BCUT2D eigenvalue weighted by Gasteiger charge is 2.39. The lowest BCUT2D eigenvalue weighted by Gasteiger charge is -2.35. The predicted molar refractivity (Wildman–Crippen MR) is 50.5 cm³/mol. The molecule has 1 fully saturated rings. The monoisotopic (exact) mass is 203 g/mol. The van der Waals surface area contributed by atoms with Gasteiger partial charge in [0.15, 0.2) is 0 Å². The first-order valence-electron chi connectivity index (χ1n) is 4.30. The Hall–Kier alpha value is -0.540. The van der Waals surface area contributed by atoms with E-state index in [4.69, 9.17) is 11.6 Å². The molecule has 1 atom stereocenters. The summed E-state index contributed by atoms with van der Waals surface area (Å²) < 4.78 is 0. The molecule has 74 valence electrons. The molecule has 1 rings (SSSR count). The summed E-state index contributed by atoms with van der Waals surface area (Å²) in [5.41, 5.74) is -0.564. The maximum absolute atomic E-state index is 11.6. The first kappa shape index (κ1) is 10.5. The number of carbonyl (C=O) groups is 1. The average molecular weight is 204 g/mol. The van der Waals surface area contributed by atoms with Gasteiger partial charge in [-0.3, -0.25) is 10.0 Å². The second kappa shape index (κ2) is 3.68. The molecule has 1 saturated heterocycles. The van der Waals surface area contributed by atoms with Crippen LogP contribution in [-0.2, 0) is 4.79 Å². The summed E-state index contributed by atoms with van der Waals surface area (Å²) in [5, 5.41) is 10.5. The van der Waals surface area contributed by atoms with Crippen molar-refractivity contribution in [2.24, 2.45) is 5.41 Å². The quantitative estimate of drug-likeness (QED) is 0.699. The van der Waals surface area contributed by atoms with Gasteiger partial charge in [-0.05, 0) is 19.3 Å². The van der Waals surface area contributed by atoms with Crippen LogP contribution in [0.5, 0.6) is 0 Å². The SMILES string of the molecule is C=C(Cl)C[C@]1(C)CCCN(O)C1=O. The van der Waals surface area contributed by atoms with Crippen LogP contribution in [0.3, 0.4) is 0 Å². The lowest BCUT2D eigenvalue weighted by molar-refractivity contribution is -0.183. The fourth-order valence-corrected chi connectivity index (χ4v) is 2.02. The van der Waals surface area contributed by atoms with Crippen molar-refractivity contribution in [2.45, 2.75) is 26.2 Å². The Bertz CT molecular complexity index is 242. The van der Waals surface area contributed by atoms with E-state index in [2.05, 4.69) is 6.58 Å². The molecule has 0 aromatic heterocycles. The molecule has 13 heavy (non-hydrogen) atoms. The summed E-state index contributed by atoms with van der Waals surface area (Å²) in [6, 6.07) is 0. The zero-order chi connectivity index (χ0) is 10.1. The van der Waals surface area contributed by atoms with Crippen LogP contribution in [0.4, 0.5) is 0 Å². The molecule has 0 aromatic carbocycles. The topological polar surface area (TPSA) is 40.5 Å². The van der Waals surface area contributed by atoms with Crippen LogP contribution in [0, 0.1) is 5.41 Å². The number of carbonyl (C=O) groups excluding carboxylic acids is 1. The second-order valence-corrected chi connectivity index (χ2v) is 4.32. The van der Waals surface area contributed by atoms with E-state index >= 15 is 0 Å². The van der Waals surface area contributed by atoms with Gasteiger partial charge in [-0.1, -0.05) is 25.1 Å². The fourth-order valence-electron chi connectivity index (χ4n) is 1.73. The highest BCUT2D eigenvalue weighted by molar-refractivity contribution is 6.29. The molecule has 1 aliphatic rings. The number of piperidine rings is 1. The van der Waals surface area contributed by atoms with Gasteiger partial charge in [-0.15, -0.1) is 0 Å². The van der Waals surface area contributed by atoms with Gasteiger partial charge in [-0.25, -0.2) is 5.06 Å². The second-order valence-electron chi connectivity index (χ2n) is 3.79. The molecule has 0 spiro atoms. The van der Waals surface area contributed by atoms with E-state index in [9.17, 15) is 10.0 Å². The molecule has 1 aliphatic heterocycles. The smallest absolute Gasteiger partial charge is 0.252 e. The summed E-state index contributed by atoms with van der Waals surface area (Å²) in [7, 11) is 0. The van der Waals surface area contributed by atoms with E-state index < -0.39 is 5.41 Å². The summed E-state index contributed by atoms with van der Waals surface area (Å²) in [5.74, 6) is -0.249. The summed E-state index contributed by atoms with van der Waals surface area (Å²) in [6.07, 6.45) is 2.00. The van der Waals surface area contributed by atoms with Crippen LogP contribution >= 0.6 is 11.6 Å². The largest absolute Gasteiger partial charge is 0.286 e. The van der Waals surface area contributed by atoms with Gasteiger partial charge in [0.1, 0.15) is 0 Å². The van der Waals surface area contributed by atoms with Crippen molar-refractivity contribution in [3.8, 4) is 0 Å². The van der Waals surface area contributed by atoms with Crippen molar-refractivity contribution in [3.05, 3.63) is 11.6 Å². The van der Waals surface area contributed by atoms with Gasteiger partial charge in [-0.2, -0.15) is 0 Å². The predicted octanol–water partition coefficient (Wildman–Crippen LogP) is 2.15. The van der Waals surface area contributed by atoms with Gasteiger partial charge in [0.05, 0.1) is 5.41 Å². The molecule has 0 saturated carbocycles. The summed E-state index contributed by atoms with van der Waals surface area (Å²) >= 11 is 5.67. The minimum Gasteiger partial charge on any atom is -0.286 e. The van der Waals surface area contributed by atoms with Crippen LogP contribution in [0.2, 0.25) is 0 Å². The lowest BCUT2D eigenvalue weighted by atomic mass is 9.79. The van der Waals surface area contributed by atoms with Crippen molar-refractivity contribution < 1.29 is 10.0 Å². The Morgan fingerprint density at radius 1 is 1.85 bits per heavy atom. The van der Waals surface area contributed by atoms with Crippen LogP contribution in [0.15, 0.2) is 11.6 Å². The van der Waals surface area contributed by atoms with E-state index in [-0.39, 0.29) is 5.91 Å². The maximum atomic E-state index is 11.6. The van der Waals surface area contributed by atoms with Crippen molar-refractivity contribution in [1.29, 1.82) is 0 Å². The number of amides is 1. The molecule has 0 radical (unpaired) electrons. The third-order valence-corrected chi connectivity index (χ3v) is 2.56. The van der Waals surface area contributed by atoms with E-state index in [1.54, 1.807) is 0 Å². The molecule has 1 heterocycles. The molecule has 0 bridgehead atoms. The van der Waals surface area contributed by atoms with E-state index in [1.807, 2.05) is 6.92 Å². The highest BCUT2D eigenvalue weighted by Crippen LogP contribution is 2.36. The van der Waals surface area contributed by atoms with Crippen molar-refractivity contribution >= 4 is 17.5 Å². The van der Waals surface area contributed by atoms with Crippen molar-refractivity contribution in [2.75, 3.05) is 6.54 Å². The Labute approximate surface area is 82.9 Å². The third kappa shape index (κ3) is 2.23. The normalized spacial score (nSPS) is 29.2. The number of hydrogen-bond acceptors (Lipinski definition) is 2. The minimum atomic E-state index is -0.564. The van der Waals surface area contributed by atoms with Crippen LogP contribution in [0.1, 0.15) is 26.2 Å².